The van der Waals surface area contributed by atoms with Crippen molar-refractivity contribution in [3.63, 3.8) is 0 Å². The van der Waals surface area contributed by atoms with Crippen LogP contribution in [0.3, 0.4) is 0 Å². The molecule has 0 aromatic carbocycles. The number of nitrogens with one attached hydrogen (secondary N) is 1. The second-order valence-corrected chi connectivity index (χ2v) is 4.35. The number of tetrazole rings is 1. The molecule has 1 N–H and O–H groups in total. The molecule has 92 valence electrons. The van der Waals surface area contributed by atoms with Crippen LogP contribution in [0.25, 0.3) is 0 Å². The third-order valence-electron chi connectivity index (χ3n) is 2.27. The van der Waals surface area contributed by atoms with Crippen LogP contribution >= 0.6 is 0 Å². The first-order valence-corrected chi connectivity index (χ1v) is 5.62. The van der Waals surface area contributed by atoms with Gasteiger partial charge in [-0.1, -0.05) is 13.8 Å². The smallest absolute Gasteiger partial charge is 0.165 e. The molecule has 0 amide bonds. The molecule has 1 unspecified atom stereocenters. The zero-order valence-electron chi connectivity index (χ0n) is 10.5. The van der Waals surface area contributed by atoms with Crippen molar-refractivity contribution in [1.29, 1.82) is 0 Å². The number of hydrogen-bond acceptors (Lipinski definition) is 5. The summed E-state index contributed by atoms with van der Waals surface area (Å²) in [6.45, 7) is 8.68. The normalized spacial score (nSPS) is 13.3. The predicted octanol–water partition coefficient (Wildman–Crippen LogP) is 0.454. The quantitative estimate of drug-likeness (QED) is 0.733. The lowest BCUT2D eigenvalue weighted by molar-refractivity contribution is 0.0982. The van der Waals surface area contributed by atoms with E-state index in [0.717, 1.165) is 12.4 Å². The average Bonchev–Trinajstić information content (AvgIpc) is 2.65. The fourth-order valence-corrected chi connectivity index (χ4v) is 1.28. The molecule has 16 heavy (non-hydrogen) atoms. The van der Waals surface area contributed by atoms with Crippen molar-refractivity contribution in [2.24, 2.45) is 5.92 Å². The van der Waals surface area contributed by atoms with Crippen LogP contribution in [-0.4, -0.2) is 40.0 Å². The van der Waals surface area contributed by atoms with E-state index in [1.54, 1.807) is 11.8 Å². The van der Waals surface area contributed by atoms with Crippen molar-refractivity contribution in [1.82, 2.24) is 25.5 Å². The molecule has 0 spiro atoms. The maximum absolute atomic E-state index is 5.18. The lowest BCUT2D eigenvalue weighted by atomic mass is 10.2. The summed E-state index contributed by atoms with van der Waals surface area (Å²) in [7, 11) is 1.69. The largest absolute Gasteiger partial charge is 0.380 e. The molecule has 1 aromatic rings. The standard InChI is InChI=1S/C10H21N5O/c1-8(2)5-11-6-10-12-13-14-15(10)7-9(3)16-4/h8-9,11H,5-7H2,1-4H3. The molecule has 0 aliphatic heterocycles. The molecular formula is C10H21N5O. The summed E-state index contributed by atoms with van der Waals surface area (Å²) in [5.74, 6) is 1.48. The van der Waals surface area contributed by atoms with Gasteiger partial charge in [-0.05, 0) is 29.8 Å². The molecule has 1 heterocycles. The van der Waals surface area contributed by atoms with Gasteiger partial charge >= 0.3 is 0 Å². The van der Waals surface area contributed by atoms with Crippen molar-refractivity contribution in [3.8, 4) is 0 Å². The third kappa shape index (κ3) is 4.24. The summed E-state index contributed by atoms with van der Waals surface area (Å²) >= 11 is 0. The highest BCUT2D eigenvalue weighted by Crippen LogP contribution is 1.98. The summed E-state index contributed by atoms with van der Waals surface area (Å²) in [6.07, 6.45) is 0.118. The van der Waals surface area contributed by atoms with E-state index in [2.05, 4.69) is 34.7 Å². The number of rotatable bonds is 7. The molecule has 0 saturated heterocycles. The van der Waals surface area contributed by atoms with Gasteiger partial charge in [0, 0.05) is 7.11 Å². The van der Waals surface area contributed by atoms with Crippen molar-refractivity contribution in [2.45, 2.75) is 40.0 Å². The van der Waals surface area contributed by atoms with Gasteiger partial charge in [-0.15, -0.1) is 5.10 Å². The van der Waals surface area contributed by atoms with Gasteiger partial charge in [0.1, 0.15) is 0 Å². The number of hydrogen-bond donors (Lipinski definition) is 1. The van der Waals surface area contributed by atoms with Crippen LogP contribution < -0.4 is 5.32 Å². The van der Waals surface area contributed by atoms with Gasteiger partial charge in [-0.25, -0.2) is 4.68 Å². The Morgan fingerprint density at radius 3 is 2.75 bits per heavy atom. The Hall–Kier alpha value is -1.01. The Morgan fingerprint density at radius 1 is 1.38 bits per heavy atom. The van der Waals surface area contributed by atoms with Crippen molar-refractivity contribution < 1.29 is 4.74 Å². The maximum Gasteiger partial charge on any atom is 0.165 e. The SMILES string of the molecule is COC(C)Cn1nnnc1CNCC(C)C. The number of nitrogens with zero attached hydrogens (tertiary/aromatic N) is 4. The number of aromatic nitrogens is 4. The lowest BCUT2D eigenvalue weighted by Gasteiger charge is -2.11. The average molecular weight is 227 g/mol. The number of methoxy groups -OCH3 is 1. The molecule has 0 bridgehead atoms. The molecule has 0 fully saturated rings. The van der Waals surface area contributed by atoms with Crippen molar-refractivity contribution >= 4 is 0 Å². The Labute approximate surface area is 96.4 Å². The zero-order chi connectivity index (χ0) is 12.0. The predicted molar refractivity (Wildman–Crippen MR) is 60.8 cm³/mol. The van der Waals surface area contributed by atoms with Crippen LogP contribution in [0.15, 0.2) is 0 Å². The molecular weight excluding hydrogens is 206 g/mol. The minimum atomic E-state index is 0.118. The Kier molecular flexibility index (Phi) is 5.34. The Morgan fingerprint density at radius 2 is 2.12 bits per heavy atom. The van der Waals surface area contributed by atoms with Gasteiger partial charge < -0.3 is 10.1 Å². The van der Waals surface area contributed by atoms with Gasteiger partial charge in [-0.3, -0.25) is 0 Å². The van der Waals surface area contributed by atoms with Gasteiger partial charge in [-0.2, -0.15) is 0 Å². The van der Waals surface area contributed by atoms with Gasteiger partial charge in [0.25, 0.3) is 0 Å². The van der Waals surface area contributed by atoms with E-state index in [9.17, 15) is 0 Å². The van der Waals surface area contributed by atoms with Crippen molar-refractivity contribution in [3.05, 3.63) is 5.82 Å². The molecule has 0 aliphatic rings. The van der Waals surface area contributed by atoms with Gasteiger partial charge in [0.05, 0.1) is 19.2 Å². The monoisotopic (exact) mass is 227 g/mol. The fraction of sp³-hybridized carbons (Fsp3) is 0.900. The van der Waals surface area contributed by atoms with E-state index in [1.807, 2.05) is 6.92 Å². The second-order valence-electron chi connectivity index (χ2n) is 4.35. The fourth-order valence-electron chi connectivity index (χ4n) is 1.28. The summed E-state index contributed by atoms with van der Waals surface area (Å²) in [6, 6.07) is 0. The van der Waals surface area contributed by atoms with E-state index in [1.165, 1.54) is 0 Å². The van der Waals surface area contributed by atoms with Crippen LogP contribution in [0, 0.1) is 5.92 Å². The highest BCUT2D eigenvalue weighted by Gasteiger charge is 2.09. The van der Waals surface area contributed by atoms with Crippen LogP contribution in [0.1, 0.15) is 26.6 Å². The summed E-state index contributed by atoms with van der Waals surface area (Å²) < 4.78 is 6.96. The van der Waals surface area contributed by atoms with E-state index in [-0.39, 0.29) is 6.10 Å². The first-order valence-electron chi connectivity index (χ1n) is 5.62. The Balaban J connectivity index is 2.44. The van der Waals surface area contributed by atoms with Gasteiger partial charge in [0.2, 0.25) is 0 Å². The topological polar surface area (TPSA) is 64.9 Å². The highest BCUT2D eigenvalue weighted by molar-refractivity contribution is 4.80. The summed E-state index contributed by atoms with van der Waals surface area (Å²) in [5.41, 5.74) is 0. The van der Waals surface area contributed by atoms with Gasteiger partial charge in [0.15, 0.2) is 5.82 Å². The molecule has 0 saturated carbocycles. The van der Waals surface area contributed by atoms with E-state index in [4.69, 9.17) is 4.74 Å². The highest BCUT2D eigenvalue weighted by atomic mass is 16.5. The molecule has 6 heteroatoms. The minimum absolute atomic E-state index is 0.118. The summed E-state index contributed by atoms with van der Waals surface area (Å²) in [5, 5.41) is 14.9. The first kappa shape index (κ1) is 13.1. The molecule has 0 aliphatic carbocycles. The zero-order valence-corrected chi connectivity index (χ0v) is 10.5. The van der Waals surface area contributed by atoms with E-state index < -0.39 is 0 Å². The van der Waals surface area contributed by atoms with Crippen LogP contribution in [0.5, 0.6) is 0 Å². The number of ether oxygens (including phenoxy) is 1. The van der Waals surface area contributed by atoms with Crippen LogP contribution in [0.2, 0.25) is 0 Å². The Bertz CT molecular complexity index is 299. The van der Waals surface area contributed by atoms with E-state index in [0.29, 0.717) is 19.0 Å². The van der Waals surface area contributed by atoms with Crippen LogP contribution in [-0.2, 0) is 17.8 Å². The summed E-state index contributed by atoms with van der Waals surface area (Å²) in [4.78, 5) is 0. The van der Waals surface area contributed by atoms with Crippen molar-refractivity contribution in [2.75, 3.05) is 13.7 Å². The first-order chi connectivity index (χ1) is 7.63. The molecule has 1 atom stereocenters. The molecule has 1 rings (SSSR count). The minimum Gasteiger partial charge on any atom is -0.380 e. The molecule has 6 nitrogen and oxygen atoms in total. The second kappa shape index (κ2) is 6.55. The van der Waals surface area contributed by atoms with Crippen LogP contribution in [0.4, 0.5) is 0 Å². The maximum atomic E-state index is 5.18. The lowest BCUT2D eigenvalue weighted by Crippen LogP contribution is -2.24. The third-order valence-corrected chi connectivity index (χ3v) is 2.27. The molecule has 0 radical (unpaired) electrons. The molecule has 1 aromatic heterocycles. The van der Waals surface area contributed by atoms with E-state index >= 15 is 0 Å².